The zero-order valence-corrected chi connectivity index (χ0v) is 13.9. The van der Waals surface area contributed by atoms with Crippen molar-refractivity contribution >= 4 is 17.9 Å². The third kappa shape index (κ3) is 6.43. The highest BCUT2D eigenvalue weighted by Crippen LogP contribution is 2.25. The molecule has 0 radical (unpaired) electrons. The second-order valence-corrected chi connectivity index (χ2v) is 5.99. The van der Waals surface area contributed by atoms with Gasteiger partial charge in [-0.25, -0.2) is 4.79 Å². The van der Waals surface area contributed by atoms with Crippen molar-refractivity contribution in [2.75, 3.05) is 13.1 Å². The number of carboxylic acid groups (broad SMARTS) is 1. The summed E-state index contributed by atoms with van der Waals surface area (Å²) in [4.78, 5) is 35.9. The van der Waals surface area contributed by atoms with Crippen LogP contribution >= 0.6 is 0 Å². The van der Waals surface area contributed by atoms with Crippen LogP contribution in [0.5, 0.6) is 0 Å². The van der Waals surface area contributed by atoms with Crippen LogP contribution in [0.15, 0.2) is 0 Å². The quantitative estimate of drug-likeness (QED) is 0.458. The SMILES string of the molecule is CCCCC(NC(N)=O)C(=O)NC1CC(N(CC)CC(=O)O)C1. The van der Waals surface area contributed by atoms with E-state index in [4.69, 9.17) is 10.8 Å². The first-order valence-electron chi connectivity index (χ1n) is 8.19. The van der Waals surface area contributed by atoms with Crippen molar-refractivity contribution in [1.82, 2.24) is 15.5 Å². The second-order valence-electron chi connectivity index (χ2n) is 5.99. The Morgan fingerprint density at radius 1 is 1.30 bits per heavy atom. The molecule has 23 heavy (non-hydrogen) atoms. The molecule has 1 saturated carbocycles. The molecule has 1 aliphatic rings. The highest BCUT2D eigenvalue weighted by molar-refractivity contribution is 5.86. The number of primary amides is 1. The lowest BCUT2D eigenvalue weighted by atomic mass is 9.85. The van der Waals surface area contributed by atoms with Gasteiger partial charge in [-0.3, -0.25) is 14.5 Å². The van der Waals surface area contributed by atoms with Crippen LogP contribution in [0, 0.1) is 0 Å². The molecule has 8 nitrogen and oxygen atoms in total. The largest absolute Gasteiger partial charge is 0.480 e. The number of hydrogen-bond acceptors (Lipinski definition) is 4. The lowest BCUT2D eigenvalue weighted by molar-refractivity contribution is -0.139. The van der Waals surface area contributed by atoms with Crippen LogP contribution in [-0.4, -0.2) is 59.1 Å². The molecule has 1 atom stereocenters. The summed E-state index contributed by atoms with van der Waals surface area (Å²) in [7, 11) is 0. The molecule has 0 aromatic rings. The van der Waals surface area contributed by atoms with Crippen molar-refractivity contribution in [3.63, 3.8) is 0 Å². The predicted molar refractivity (Wildman–Crippen MR) is 85.9 cm³/mol. The third-order valence-electron chi connectivity index (χ3n) is 4.20. The average Bonchev–Trinajstić information content (AvgIpc) is 2.43. The van der Waals surface area contributed by atoms with Gasteiger partial charge in [0.15, 0.2) is 0 Å². The number of unbranched alkanes of at least 4 members (excludes halogenated alkanes) is 1. The molecule has 1 aliphatic carbocycles. The number of rotatable bonds is 10. The van der Waals surface area contributed by atoms with E-state index in [9.17, 15) is 14.4 Å². The number of nitrogens with zero attached hydrogens (tertiary/aromatic N) is 1. The van der Waals surface area contributed by atoms with Gasteiger partial charge in [-0.15, -0.1) is 0 Å². The molecule has 1 rings (SSSR count). The molecule has 0 aromatic carbocycles. The zero-order valence-electron chi connectivity index (χ0n) is 13.9. The summed E-state index contributed by atoms with van der Waals surface area (Å²) < 4.78 is 0. The highest BCUT2D eigenvalue weighted by Gasteiger charge is 2.35. The number of urea groups is 1. The van der Waals surface area contributed by atoms with Crippen molar-refractivity contribution < 1.29 is 19.5 Å². The first-order valence-corrected chi connectivity index (χ1v) is 8.19. The number of nitrogens with one attached hydrogen (secondary N) is 2. The van der Waals surface area contributed by atoms with Crippen LogP contribution in [0.1, 0.15) is 46.0 Å². The minimum atomic E-state index is -0.843. The maximum absolute atomic E-state index is 12.2. The van der Waals surface area contributed by atoms with Gasteiger partial charge in [0.05, 0.1) is 6.54 Å². The number of carbonyl (C=O) groups is 3. The highest BCUT2D eigenvalue weighted by atomic mass is 16.4. The molecule has 132 valence electrons. The van der Waals surface area contributed by atoms with Gasteiger partial charge < -0.3 is 21.5 Å². The van der Waals surface area contributed by atoms with E-state index >= 15 is 0 Å². The molecular weight excluding hydrogens is 300 g/mol. The number of hydrogen-bond donors (Lipinski definition) is 4. The lowest BCUT2D eigenvalue weighted by Crippen LogP contribution is -2.58. The van der Waals surface area contributed by atoms with Crippen molar-refractivity contribution in [3.8, 4) is 0 Å². The van der Waals surface area contributed by atoms with E-state index in [1.807, 2.05) is 18.7 Å². The Bertz CT molecular complexity index is 424. The fourth-order valence-electron chi connectivity index (χ4n) is 2.83. The van der Waals surface area contributed by atoms with Crippen molar-refractivity contribution in [1.29, 1.82) is 0 Å². The number of nitrogens with two attached hydrogens (primary N) is 1. The molecule has 0 bridgehead atoms. The van der Waals surface area contributed by atoms with Gasteiger partial charge in [0.25, 0.3) is 0 Å². The maximum Gasteiger partial charge on any atom is 0.317 e. The van der Waals surface area contributed by atoms with E-state index in [0.29, 0.717) is 13.0 Å². The Labute approximate surface area is 136 Å². The molecule has 8 heteroatoms. The fourth-order valence-corrected chi connectivity index (χ4v) is 2.83. The topological polar surface area (TPSA) is 125 Å². The Balaban J connectivity index is 2.42. The number of likely N-dealkylation sites (N-methyl/N-ethyl adjacent to an activating group) is 1. The monoisotopic (exact) mass is 328 g/mol. The molecule has 0 spiro atoms. The van der Waals surface area contributed by atoms with Gasteiger partial charge in [-0.1, -0.05) is 26.7 Å². The van der Waals surface area contributed by atoms with E-state index in [1.165, 1.54) is 0 Å². The second kappa shape index (κ2) is 9.34. The number of aliphatic carboxylic acids is 1. The van der Waals surface area contributed by atoms with Crippen LogP contribution in [0.4, 0.5) is 4.79 Å². The fraction of sp³-hybridized carbons (Fsp3) is 0.800. The molecule has 0 aromatic heterocycles. The van der Waals surface area contributed by atoms with Crippen LogP contribution in [-0.2, 0) is 9.59 Å². The van der Waals surface area contributed by atoms with Gasteiger partial charge in [-0.05, 0) is 25.8 Å². The third-order valence-corrected chi connectivity index (χ3v) is 4.20. The van der Waals surface area contributed by atoms with Crippen molar-refractivity contribution in [3.05, 3.63) is 0 Å². The minimum Gasteiger partial charge on any atom is -0.480 e. The van der Waals surface area contributed by atoms with Crippen molar-refractivity contribution in [2.45, 2.75) is 64.1 Å². The zero-order chi connectivity index (χ0) is 17.4. The summed E-state index contributed by atoms with van der Waals surface area (Å²) in [5.41, 5.74) is 5.11. The predicted octanol–water partition coefficient (Wildman–Crippen LogP) is 0.267. The number of amides is 3. The molecule has 3 amide bonds. The molecular formula is C15H28N4O4. The van der Waals surface area contributed by atoms with Gasteiger partial charge in [0.1, 0.15) is 6.04 Å². The van der Waals surface area contributed by atoms with Gasteiger partial charge >= 0.3 is 12.0 Å². The first-order chi connectivity index (χ1) is 10.9. The van der Waals surface area contributed by atoms with Crippen molar-refractivity contribution in [2.24, 2.45) is 5.73 Å². The summed E-state index contributed by atoms with van der Waals surface area (Å²) in [6, 6.07) is -1.10. The first kappa shape index (κ1) is 19.2. The molecule has 0 heterocycles. The van der Waals surface area contributed by atoms with Gasteiger partial charge in [-0.2, -0.15) is 0 Å². The summed E-state index contributed by atoms with van der Waals surface area (Å²) in [6.45, 7) is 4.62. The Kier molecular flexibility index (Phi) is 7.80. The van der Waals surface area contributed by atoms with Crippen LogP contribution < -0.4 is 16.4 Å². The standard InChI is InChI=1S/C15H28N4O4/c1-3-5-6-12(18-15(16)23)14(22)17-10-7-11(8-10)19(4-2)9-13(20)21/h10-12H,3-9H2,1-2H3,(H,17,22)(H,20,21)(H3,16,18,23). The summed E-state index contributed by atoms with van der Waals surface area (Å²) in [6.07, 6.45) is 3.76. The molecule has 0 saturated heterocycles. The molecule has 1 fully saturated rings. The molecule has 0 aliphatic heterocycles. The Morgan fingerprint density at radius 2 is 1.96 bits per heavy atom. The van der Waals surface area contributed by atoms with E-state index < -0.39 is 18.0 Å². The normalized spacial score (nSPS) is 21.3. The average molecular weight is 328 g/mol. The number of carbonyl (C=O) groups excluding carboxylic acids is 2. The smallest absolute Gasteiger partial charge is 0.317 e. The van der Waals surface area contributed by atoms with E-state index in [0.717, 1.165) is 25.7 Å². The summed E-state index contributed by atoms with van der Waals surface area (Å²) in [5.74, 6) is -1.06. The Morgan fingerprint density at radius 3 is 2.43 bits per heavy atom. The van der Waals surface area contributed by atoms with E-state index in [-0.39, 0.29) is 24.5 Å². The molecule has 5 N–H and O–H groups in total. The van der Waals surface area contributed by atoms with Crippen LogP contribution in [0.3, 0.4) is 0 Å². The van der Waals surface area contributed by atoms with Crippen LogP contribution in [0.2, 0.25) is 0 Å². The van der Waals surface area contributed by atoms with E-state index in [1.54, 1.807) is 0 Å². The van der Waals surface area contributed by atoms with Gasteiger partial charge in [0, 0.05) is 12.1 Å². The van der Waals surface area contributed by atoms with E-state index in [2.05, 4.69) is 10.6 Å². The maximum atomic E-state index is 12.2. The summed E-state index contributed by atoms with van der Waals surface area (Å²) in [5, 5.41) is 14.3. The number of carboxylic acids is 1. The molecule has 1 unspecified atom stereocenters. The Hall–Kier alpha value is -1.83. The lowest BCUT2D eigenvalue weighted by Gasteiger charge is -2.42. The van der Waals surface area contributed by atoms with Gasteiger partial charge in [0.2, 0.25) is 5.91 Å². The minimum absolute atomic E-state index is 0.0180. The summed E-state index contributed by atoms with van der Waals surface area (Å²) >= 11 is 0. The van der Waals surface area contributed by atoms with Crippen LogP contribution in [0.25, 0.3) is 0 Å².